The van der Waals surface area contributed by atoms with Crippen LogP contribution in [0.5, 0.6) is 0 Å². The van der Waals surface area contributed by atoms with E-state index in [9.17, 15) is 9.18 Å². The van der Waals surface area contributed by atoms with Crippen LogP contribution < -0.4 is 5.69 Å². The molecule has 0 atom stereocenters. The van der Waals surface area contributed by atoms with E-state index in [1.807, 2.05) is 32.0 Å². The normalized spacial score (nSPS) is 10.7. The Kier molecular flexibility index (Phi) is 3.55. The zero-order valence-corrected chi connectivity index (χ0v) is 12.2. The summed E-state index contributed by atoms with van der Waals surface area (Å²) in [7, 11) is 0. The Labute approximate surface area is 126 Å². The standard InChI is InChI=1S/C17H14FN3O/c1-10-4-3-5-11(2)14(10)16-19-15(20-17(22)21-16)12-6-8-13(18)9-7-12/h3-9H,1-2H3,(H,19,20,21,22). The molecule has 0 fully saturated rings. The van der Waals surface area contributed by atoms with Gasteiger partial charge in [0.05, 0.1) is 0 Å². The maximum Gasteiger partial charge on any atom is 0.348 e. The van der Waals surface area contributed by atoms with E-state index in [2.05, 4.69) is 15.0 Å². The highest BCUT2D eigenvalue weighted by Gasteiger charge is 2.11. The number of aromatic amines is 1. The molecule has 4 nitrogen and oxygen atoms in total. The van der Waals surface area contributed by atoms with Gasteiger partial charge in [-0.3, -0.25) is 4.98 Å². The van der Waals surface area contributed by atoms with Gasteiger partial charge in [-0.25, -0.2) is 14.2 Å². The molecule has 0 spiro atoms. The predicted octanol–water partition coefficient (Wildman–Crippen LogP) is 3.25. The molecular formula is C17H14FN3O. The van der Waals surface area contributed by atoms with E-state index in [-0.39, 0.29) is 11.6 Å². The van der Waals surface area contributed by atoms with Crippen LogP contribution in [0.4, 0.5) is 4.39 Å². The van der Waals surface area contributed by atoms with Gasteiger partial charge in [0.1, 0.15) is 11.6 Å². The van der Waals surface area contributed by atoms with Crippen LogP contribution in [0.2, 0.25) is 0 Å². The van der Waals surface area contributed by atoms with Crippen molar-refractivity contribution in [3.05, 3.63) is 69.9 Å². The molecule has 0 radical (unpaired) electrons. The minimum atomic E-state index is -0.480. The second-order valence-corrected chi connectivity index (χ2v) is 5.10. The van der Waals surface area contributed by atoms with Crippen molar-refractivity contribution in [3.63, 3.8) is 0 Å². The van der Waals surface area contributed by atoms with Gasteiger partial charge in [-0.2, -0.15) is 4.98 Å². The summed E-state index contributed by atoms with van der Waals surface area (Å²) in [6.07, 6.45) is 0. The summed E-state index contributed by atoms with van der Waals surface area (Å²) >= 11 is 0. The second kappa shape index (κ2) is 5.52. The SMILES string of the molecule is Cc1cccc(C)c1-c1nc(-c2ccc(F)cc2)nc(=O)[nH]1. The van der Waals surface area contributed by atoms with Crippen LogP contribution in [0.3, 0.4) is 0 Å². The van der Waals surface area contributed by atoms with Gasteiger partial charge in [0.15, 0.2) is 5.82 Å². The lowest BCUT2D eigenvalue weighted by atomic mass is 10.0. The molecule has 1 aromatic heterocycles. The van der Waals surface area contributed by atoms with Crippen LogP contribution in [0, 0.1) is 19.7 Å². The van der Waals surface area contributed by atoms with Gasteiger partial charge in [0, 0.05) is 11.1 Å². The number of benzene rings is 2. The van der Waals surface area contributed by atoms with E-state index in [1.54, 1.807) is 12.1 Å². The third-order valence-electron chi connectivity index (χ3n) is 3.47. The van der Waals surface area contributed by atoms with Crippen LogP contribution >= 0.6 is 0 Å². The molecule has 1 N–H and O–H groups in total. The summed E-state index contributed by atoms with van der Waals surface area (Å²) < 4.78 is 13.0. The highest BCUT2D eigenvalue weighted by molar-refractivity contribution is 5.66. The molecule has 0 saturated heterocycles. The molecule has 0 aliphatic rings. The van der Waals surface area contributed by atoms with Gasteiger partial charge in [-0.1, -0.05) is 18.2 Å². The topological polar surface area (TPSA) is 58.6 Å². The summed E-state index contributed by atoms with van der Waals surface area (Å²) in [6.45, 7) is 3.92. The lowest BCUT2D eigenvalue weighted by Gasteiger charge is -2.09. The first-order valence-electron chi connectivity index (χ1n) is 6.85. The van der Waals surface area contributed by atoms with Crippen molar-refractivity contribution in [2.45, 2.75) is 13.8 Å². The summed E-state index contributed by atoms with van der Waals surface area (Å²) in [5.74, 6) is 0.403. The summed E-state index contributed by atoms with van der Waals surface area (Å²) in [5.41, 5.74) is 3.02. The number of aromatic nitrogens is 3. The first-order valence-corrected chi connectivity index (χ1v) is 6.85. The molecular weight excluding hydrogens is 281 g/mol. The van der Waals surface area contributed by atoms with Gasteiger partial charge >= 0.3 is 5.69 Å². The lowest BCUT2D eigenvalue weighted by molar-refractivity contribution is 0.628. The predicted molar refractivity (Wildman–Crippen MR) is 83.0 cm³/mol. The van der Waals surface area contributed by atoms with E-state index in [4.69, 9.17) is 0 Å². The Bertz CT molecular complexity index is 865. The molecule has 0 amide bonds. The van der Waals surface area contributed by atoms with Gasteiger partial charge in [-0.15, -0.1) is 0 Å². The third-order valence-corrected chi connectivity index (χ3v) is 3.47. The fraction of sp³-hybridized carbons (Fsp3) is 0.118. The number of aryl methyl sites for hydroxylation is 2. The molecule has 2 aromatic carbocycles. The van der Waals surface area contributed by atoms with Crippen LogP contribution in [-0.4, -0.2) is 15.0 Å². The molecule has 0 unspecified atom stereocenters. The Morgan fingerprint density at radius 1 is 0.955 bits per heavy atom. The Morgan fingerprint density at radius 3 is 2.23 bits per heavy atom. The quantitative estimate of drug-likeness (QED) is 0.789. The number of hydrogen-bond acceptors (Lipinski definition) is 3. The number of H-pyrrole nitrogens is 1. The zero-order valence-electron chi connectivity index (χ0n) is 12.2. The van der Waals surface area contributed by atoms with E-state index in [0.29, 0.717) is 11.4 Å². The Morgan fingerprint density at radius 2 is 1.59 bits per heavy atom. The van der Waals surface area contributed by atoms with E-state index >= 15 is 0 Å². The molecule has 0 saturated carbocycles. The Hall–Kier alpha value is -2.82. The number of rotatable bonds is 2. The third kappa shape index (κ3) is 2.65. The van der Waals surface area contributed by atoms with Crippen LogP contribution in [0.1, 0.15) is 11.1 Å². The number of nitrogens with zero attached hydrogens (tertiary/aromatic N) is 2. The van der Waals surface area contributed by atoms with E-state index in [1.165, 1.54) is 12.1 Å². The van der Waals surface area contributed by atoms with Crippen molar-refractivity contribution >= 4 is 0 Å². The van der Waals surface area contributed by atoms with Gasteiger partial charge in [-0.05, 0) is 49.2 Å². The van der Waals surface area contributed by atoms with Crippen molar-refractivity contribution < 1.29 is 4.39 Å². The molecule has 1 heterocycles. The monoisotopic (exact) mass is 295 g/mol. The minimum absolute atomic E-state index is 0.279. The fourth-order valence-electron chi connectivity index (χ4n) is 2.42. The highest BCUT2D eigenvalue weighted by atomic mass is 19.1. The van der Waals surface area contributed by atoms with E-state index < -0.39 is 5.69 Å². The maximum absolute atomic E-state index is 13.0. The molecule has 5 heteroatoms. The summed E-state index contributed by atoms with van der Waals surface area (Å²) in [5, 5.41) is 0. The number of nitrogens with one attached hydrogen (secondary N) is 1. The van der Waals surface area contributed by atoms with Gasteiger partial charge < -0.3 is 0 Å². The average molecular weight is 295 g/mol. The highest BCUT2D eigenvalue weighted by Crippen LogP contribution is 2.24. The molecule has 110 valence electrons. The smallest absolute Gasteiger partial charge is 0.290 e. The first kappa shape index (κ1) is 14.1. The number of halogens is 1. The minimum Gasteiger partial charge on any atom is -0.290 e. The van der Waals surface area contributed by atoms with Crippen LogP contribution in [-0.2, 0) is 0 Å². The van der Waals surface area contributed by atoms with Crippen LogP contribution in [0.15, 0.2) is 47.3 Å². The maximum atomic E-state index is 13.0. The van der Waals surface area contributed by atoms with Gasteiger partial charge in [0.25, 0.3) is 0 Å². The fourth-order valence-corrected chi connectivity index (χ4v) is 2.42. The molecule has 0 bridgehead atoms. The van der Waals surface area contributed by atoms with Crippen molar-refractivity contribution in [2.24, 2.45) is 0 Å². The van der Waals surface area contributed by atoms with Crippen molar-refractivity contribution in [1.82, 2.24) is 15.0 Å². The molecule has 22 heavy (non-hydrogen) atoms. The molecule has 0 aliphatic carbocycles. The van der Waals surface area contributed by atoms with E-state index in [0.717, 1.165) is 16.7 Å². The first-order chi connectivity index (χ1) is 10.5. The number of hydrogen-bond donors (Lipinski definition) is 1. The Balaban J connectivity index is 2.19. The zero-order chi connectivity index (χ0) is 15.7. The summed E-state index contributed by atoms with van der Waals surface area (Å²) in [6, 6.07) is 11.6. The van der Waals surface area contributed by atoms with Crippen molar-refractivity contribution in [2.75, 3.05) is 0 Å². The second-order valence-electron chi connectivity index (χ2n) is 5.10. The van der Waals surface area contributed by atoms with Crippen molar-refractivity contribution in [1.29, 1.82) is 0 Å². The molecule has 3 rings (SSSR count). The molecule has 0 aliphatic heterocycles. The largest absolute Gasteiger partial charge is 0.348 e. The van der Waals surface area contributed by atoms with Crippen molar-refractivity contribution in [3.8, 4) is 22.8 Å². The van der Waals surface area contributed by atoms with Gasteiger partial charge in [0.2, 0.25) is 0 Å². The average Bonchev–Trinajstić information content (AvgIpc) is 2.47. The summed E-state index contributed by atoms with van der Waals surface area (Å²) in [4.78, 5) is 22.9. The van der Waals surface area contributed by atoms with Crippen LogP contribution in [0.25, 0.3) is 22.8 Å². The lowest BCUT2D eigenvalue weighted by Crippen LogP contribution is -2.15. The molecule has 3 aromatic rings.